The standard InChI is InChI=1S/C39H41N3O10S/c1-18-13-22-14-24-38(46)42-25-15-49-39(47)23(40-26(44)12-11-21-9-7-6-8-10-21)16-53-37(31(42)30(41(24)4)27(22)32(45)33(18)48-5)29-28(25)36-35(50-17-51-36)19(2)34(29)52-20(3)43/h6-13,23-25,30-31,37-38,45-46H,14-17H2,1-5H3,(H,40,44)/t23-,24-,25-,30+,31?,37+,38-/m0/s1. The minimum Gasteiger partial charge on any atom is -0.504 e. The molecule has 278 valence electrons. The highest BCUT2D eigenvalue weighted by Crippen LogP contribution is 2.63. The van der Waals surface area contributed by atoms with Crippen LogP contribution >= 0.6 is 11.8 Å². The molecular weight excluding hydrogens is 703 g/mol. The summed E-state index contributed by atoms with van der Waals surface area (Å²) in [6.45, 7) is 4.72. The van der Waals surface area contributed by atoms with Crippen molar-refractivity contribution in [3.63, 3.8) is 0 Å². The maximum absolute atomic E-state index is 13.8. The summed E-state index contributed by atoms with van der Waals surface area (Å²) in [5.41, 5.74) is 5.00. The average molecular weight is 744 g/mol. The molecular formula is C39H41N3O10S. The number of hydrogen-bond donors (Lipinski definition) is 3. The second-order valence-corrected chi connectivity index (χ2v) is 15.2. The smallest absolute Gasteiger partial charge is 0.329 e. The van der Waals surface area contributed by atoms with Crippen LogP contribution in [0.3, 0.4) is 0 Å². The molecule has 4 bridgehead atoms. The molecule has 13 nitrogen and oxygen atoms in total. The van der Waals surface area contributed by atoms with Crippen molar-refractivity contribution in [1.29, 1.82) is 0 Å². The summed E-state index contributed by atoms with van der Waals surface area (Å²) in [5, 5.41) is 26.5. The number of aliphatic hydroxyl groups is 1. The Hall–Kier alpha value is -4.76. The summed E-state index contributed by atoms with van der Waals surface area (Å²) >= 11 is 1.37. The molecule has 9 rings (SSSR count). The van der Waals surface area contributed by atoms with Gasteiger partial charge in [0.15, 0.2) is 23.0 Å². The molecule has 0 aromatic heterocycles. The van der Waals surface area contributed by atoms with Crippen LogP contribution in [0.15, 0.2) is 42.5 Å². The highest BCUT2D eigenvalue weighted by atomic mass is 32.2. The van der Waals surface area contributed by atoms with Crippen molar-refractivity contribution in [2.75, 3.05) is 33.3 Å². The van der Waals surface area contributed by atoms with Gasteiger partial charge in [-0.15, -0.1) is 11.8 Å². The highest BCUT2D eigenvalue weighted by molar-refractivity contribution is 7.99. The van der Waals surface area contributed by atoms with Crippen molar-refractivity contribution in [2.24, 2.45) is 0 Å². The second-order valence-electron chi connectivity index (χ2n) is 14.0. The number of methoxy groups -OCH3 is 1. The fourth-order valence-corrected chi connectivity index (χ4v) is 10.3. The van der Waals surface area contributed by atoms with Crippen LogP contribution in [0.4, 0.5) is 0 Å². The maximum Gasteiger partial charge on any atom is 0.329 e. The topological polar surface area (TPSA) is 156 Å². The lowest BCUT2D eigenvalue weighted by Crippen LogP contribution is -2.69. The monoisotopic (exact) mass is 743 g/mol. The number of phenolic OH excluding ortho intramolecular Hbond substituents is 1. The molecule has 1 unspecified atom stereocenters. The number of aromatic hydroxyl groups is 1. The van der Waals surface area contributed by atoms with Crippen molar-refractivity contribution in [3.05, 3.63) is 81.4 Å². The van der Waals surface area contributed by atoms with E-state index in [-0.39, 0.29) is 24.9 Å². The lowest BCUT2D eigenvalue weighted by atomic mass is 9.73. The first-order valence-electron chi connectivity index (χ1n) is 17.5. The summed E-state index contributed by atoms with van der Waals surface area (Å²) in [6.07, 6.45) is 2.44. The van der Waals surface area contributed by atoms with E-state index in [2.05, 4.69) is 10.2 Å². The number of carbonyl (C=O) groups excluding carboxylic acids is 3. The number of likely N-dealkylation sites (N-methyl/N-ethyl adjacent to an activating group) is 1. The molecule has 3 aromatic carbocycles. The van der Waals surface area contributed by atoms with Crippen LogP contribution in [0.1, 0.15) is 63.2 Å². The number of aliphatic hydroxyl groups excluding tert-OH is 1. The Bertz CT molecular complexity index is 2040. The molecule has 0 saturated carbocycles. The molecule has 6 heterocycles. The number of esters is 2. The molecule has 1 amide bonds. The van der Waals surface area contributed by atoms with E-state index < -0.39 is 59.5 Å². The van der Waals surface area contributed by atoms with Crippen LogP contribution in [0, 0.1) is 13.8 Å². The van der Waals surface area contributed by atoms with Crippen LogP contribution in [-0.2, 0) is 25.5 Å². The fourth-order valence-electron chi connectivity index (χ4n) is 8.83. The summed E-state index contributed by atoms with van der Waals surface area (Å²) in [6, 6.07) is 8.05. The third kappa shape index (κ3) is 5.70. The van der Waals surface area contributed by atoms with Crippen molar-refractivity contribution in [1.82, 2.24) is 15.1 Å². The molecule has 53 heavy (non-hydrogen) atoms. The van der Waals surface area contributed by atoms with E-state index in [1.807, 2.05) is 55.3 Å². The Morgan fingerprint density at radius 3 is 2.55 bits per heavy atom. The zero-order chi connectivity index (χ0) is 37.3. The maximum atomic E-state index is 13.8. The van der Waals surface area contributed by atoms with Gasteiger partial charge >= 0.3 is 11.9 Å². The minimum atomic E-state index is -1.05. The molecule has 0 aliphatic carbocycles. The number of amides is 1. The van der Waals surface area contributed by atoms with Crippen molar-refractivity contribution >= 4 is 35.7 Å². The Morgan fingerprint density at radius 2 is 1.81 bits per heavy atom. The number of nitrogens with one attached hydrogen (secondary N) is 1. The molecule has 2 saturated heterocycles. The van der Waals surface area contributed by atoms with Gasteiger partial charge in [-0.3, -0.25) is 19.4 Å². The van der Waals surface area contributed by atoms with E-state index in [1.165, 1.54) is 31.9 Å². The van der Waals surface area contributed by atoms with E-state index in [1.54, 1.807) is 13.0 Å². The number of hydrogen-bond acceptors (Lipinski definition) is 13. The van der Waals surface area contributed by atoms with Crippen LogP contribution < -0.4 is 24.3 Å². The van der Waals surface area contributed by atoms with Gasteiger partial charge in [-0.2, -0.15) is 0 Å². The van der Waals surface area contributed by atoms with Gasteiger partial charge in [-0.25, -0.2) is 4.79 Å². The predicted molar refractivity (Wildman–Crippen MR) is 194 cm³/mol. The number of thioether (sulfide) groups is 1. The van der Waals surface area contributed by atoms with E-state index in [0.717, 1.165) is 16.7 Å². The van der Waals surface area contributed by atoms with Gasteiger partial charge in [0.25, 0.3) is 0 Å². The van der Waals surface area contributed by atoms with Crippen LogP contribution in [-0.4, -0.2) is 95.5 Å². The quantitative estimate of drug-likeness (QED) is 0.197. The first kappa shape index (κ1) is 35.3. The fraction of sp³-hybridized carbons (Fsp3) is 0.410. The van der Waals surface area contributed by atoms with Crippen LogP contribution in [0.2, 0.25) is 0 Å². The molecule has 6 aliphatic heterocycles. The van der Waals surface area contributed by atoms with Gasteiger partial charge in [0.2, 0.25) is 12.7 Å². The second kappa shape index (κ2) is 13.6. The van der Waals surface area contributed by atoms with E-state index >= 15 is 0 Å². The normalized spacial score (nSPS) is 27.4. The SMILES string of the molecule is COc1c(C)cc2c(c1O)[C@@H]1C3[C@@H]4SC[C@H](NC(=O)C=Cc5ccccc5)C(=O)OC[C@@H](c5c6c(c(C)c(OC(C)=O)c54)OCO6)N3[C@@H](O)[C@H](C2)N1C. The zero-order valence-electron chi connectivity index (χ0n) is 30.0. The van der Waals surface area contributed by atoms with Gasteiger partial charge in [-0.1, -0.05) is 36.4 Å². The van der Waals surface area contributed by atoms with Gasteiger partial charge in [0.1, 0.15) is 24.6 Å². The molecule has 3 aromatic rings. The minimum absolute atomic E-state index is 0.0242. The summed E-state index contributed by atoms with van der Waals surface area (Å²) in [5.74, 6) is -0.0115. The number of rotatable bonds is 5. The van der Waals surface area contributed by atoms with Gasteiger partial charge in [0, 0.05) is 47.0 Å². The van der Waals surface area contributed by atoms with E-state index in [4.69, 9.17) is 23.7 Å². The lowest BCUT2D eigenvalue weighted by molar-refractivity contribution is -0.184. The van der Waals surface area contributed by atoms with Gasteiger partial charge in [-0.05, 0) is 50.1 Å². The number of carbonyl (C=O) groups is 3. The number of phenols is 1. The summed E-state index contributed by atoms with van der Waals surface area (Å²) < 4.78 is 29.8. The molecule has 0 spiro atoms. The number of nitrogens with zero attached hydrogens (tertiary/aromatic N) is 2. The zero-order valence-corrected chi connectivity index (χ0v) is 30.8. The van der Waals surface area contributed by atoms with E-state index in [9.17, 15) is 24.6 Å². The Labute approximate surface area is 310 Å². The van der Waals surface area contributed by atoms with Crippen molar-refractivity contribution in [2.45, 2.75) is 68.9 Å². The number of ether oxygens (including phenoxy) is 5. The molecule has 6 aliphatic rings. The summed E-state index contributed by atoms with van der Waals surface area (Å²) in [4.78, 5) is 43.8. The number of aryl methyl sites for hydroxylation is 1. The van der Waals surface area contributed by atoms with Crippen LogP contribution in [0.25, 0.3) is 6.08 Å². The molecule has 0 radical (unpaired) electrons. The Kier molecular flexibility index (Phi) is 9.04. The highest BCUT2D eigenvalue weighted by Gasteiger charge is 2.60. The molecule has 2 fully saturated rings. The molecule has 14 heteroatoms. The first-order valence-corrected chi connectivity index (χ1v) is 18.6. The first-order chi connectivity index (χ1) is 25.5. The predicted octanol–water partition coefficient (Wildman–Crippen LogP) is 3.86. The lowest BCUT2D eigenvalue weighted by Gasteiger charge is -2.62. The van der Waals surface area contributed by atoms with Crippen LogP contribution in [0.5, 0.6) is 28.7 Å². The summed E-state index contributed by atoms with van der Waals surface area (Å²) in [7, 11) is 3.45. The Morgan fingerprint density at radius 1 is 1.06 bits per heavy atom. The number of benzene rings is 3. The van der Waals surface area contributed by atoms with E-state index in [0.29, 0.717) is 51.7 Å². The van der Waals surface area contributed by atoms with Gasteiger partial charge in [0.05, 0.1) is 30.5 Å². The number of fused-ring (bicyclic) bond motifs is 10. The number of piperazine rings is 1. The average Bonchev–Trinajstić information content (AvgIpc) is 3.63. The Balaban J connectivity index is 1.30. The van der Waals surface area contributed by atoms with Gasteiger partial charge < -0.3 is 39.2 Å². The third-order valence-corrected chi connectivity index (χ3v) is 12.4. The van der Waals surface area contributed by atoms with Crippen molar-refractivity contribution < 1.29 is 48.3 Å². The largest absolute Gasteiger partial charge is 0.504 e. The van der Waals surface area contributed by atoms with Crippen molar-refractivity contribution in [3.8, 4) is 28.7 Å². The molecule has 3 N–H and O–H groups in total. The third-order valence-electron chi connectivity index (χ3n) is 11.0. The molecule has 7 atom stereocenters.